The molecule has 22 heavy (non-hydrogen) atoms. The molecule has 2 rings (SSSR count). The van der Waals surface area contributed by atoms with E-state index in [4.69, 9.17) is 4.74 Å². The maximum absolute atomic E-state index is 13.0. The second-order valence-corrected chi connectivity index (χ2v) is 7.38. The van der Waals surface area contributed by atoms with E-state index in [9.17, 15) is 18.3 Å². The lowest BCUT2D eigenvalue weighted by atomic mass is 10.1. The number of carboxylic acids is 1. The Bertz CT molecular complexity index is 660. The van der Waals surface area contributed by atoms with Crippen LogP contribution in [-0.2, 0) is 14.8 Å². The quantitative estimate of drug-likeness (QED) is 0.913. The van der Waals surface area contributed by atoms with Gasteiger partial charge in [0, 0.05) is 6.54 Å². The van der Waals surface area contributed by atoms with E-state index in [0.29, 0.717) is 29.7 Å². The number of sulfonamides is 1. The van der Waals surface area contributed by atoms with Crippen molar-refractivity contribution in [2.75, 3.05) is 13.7 Å². The molecule has 1 fully saturated rings. The van der Waals surface area contributed by atoms with E-state index in [-0.39, 0.29) is 11.4 Å². The van der Waals surface area contributed by atoms with Crippen LogP contribution in [0.2, 0.25) is 0 Å². The predicted molar refractivity (Wildman–Crippen MR) is 81.6 cm³/mol. The molecule has 1 unspecified atom stereocenters. The third-order valence-electron chi connectivity index (χ3n) is 3.97. The van der Waals surface area contributed by atoms with Crippen LogP contribution in [0.5, 0.6) is 5.75 Å². The van der Waals surface area contributed by atoms with Gasteiger partial charge in [0.25, 0.3) is 0 Å². The Hall–Kier alpha value is -1.60. The molecule has 6 nitrogen and oxygen atoms in total. The molecule has 1 aliphatic heterocycles. The SMILES string of the molecule is COc1cc(C)c(S(=O)(=O)N2CCCCC2C(=O)O)c(C)c1. The van der Waals surface area contributed by atoms with Crippen LogP contribution in [0.15, 0.2) is 17.0 Å². The first kappa shape index (κ1) is 16.8. The maximum Gasteiger partial charge on any atom is 0.322 e. The normalized spacial score (nSPS) is 19.9. The molecule has 0 aliphatic carbocycles. The number of hydrogen-bond donors (Lipinski definition) is 1. The maximum atomic E-state index is 13.0. The van der Waals surface area contributed by atoms with Gasteiger partial charge in [-0.05, 0) is 56.4 Å². The van der Waals surface area contributed by atoms with Gasteiger partial charge < -0.3 is 9.84 Å². The van der Waals surface area contributed by atoms with Crippen LogP contribution in [0, 0.1) is 13.8 Å². The summed E-state index contributed by atoms with van der Waals surface area (Å²) in [5.41, 5.74) is 1.12. The largest absolute Gasteiger partial charge is 0.497 e. The Balaban J connectivity index is 2.52. The highest BCUT2D eigenvalue weighted by molar-refractivity contribution is 7.89. The molecule has 0 bridgehead atoms. The number of methoxy groups -OCH3 is 1. The summed E-state index contributed by atoms with van der Waals surface area (Å²) in [6.07, 6.45) is 1.75. The summed E-state index contributed by atoms with van der Waals surface area (Å²) in [7, 11) is -2.32. The van der Waals surface area contributed by atoms with Gasteiger partial charge in [-0.1, -0.05) is 0 Å². The van der Waals surface area contributed by atoms with E-state index in [0.717, 1.165) is 10.7 Å². The van der Waals surface area contributed by atoms with Crippen LogP contribution in [0.3, 0.4) is 0 Å². The number of aryl methyl sites for hydroxylation is 2. The van der Waals surface area contributed by atoms with Gasteiger partial charge in [0.1, 0.15) is 11.8 Å². The number of carbonyl (C=O) groups is 1. The number of rotatable bonds is 4. The van der Waals surface area contributed by atoms with Gasteiger partial charge in [0.2, 0.25) is 10.0 Å². The fraction of sp³-hybridized carbons (Fsp3) is 0.533. The van der Waals surface area contributed by atoms with E-state index >= 15 is 0 Å². The minimum absolute atomic E-state index is 0.182. The summed E-state index contributed by atoms with van der Waals surface area (Å²) < 4.78 is 32.2. The van der Waals surface area contributed by atoms with Crippen molar-refractivity contribution >= 4 is 16.0 Å². The molecule has 1 heterocycles. The zero-order valence-electron chi connectivity index (χ0n) is 13.0. The predicted octanol–water partition coefficient (Wildman–Crippen LogP) is 1.94. The van der Waals surface area contributed by atoms with Crippen LogP contribution >= 0.6 is 0 Å². The minimum atomic E-state index is -3.85. The number of benzene rings is 1. The van der Waals surface area contributed by atoms with Crippen LogP contribution in [0.1, 0.15) is 30.4 Å². The van der Waals surface area contributed by atoms with E-state index in [2.05, 4.69) is 0 Å². The Labute approximate surface area is 130 Å². The van der Waals surface area contributed by atoms with Crippen molar-refractivity contribution in [3.8, 4) is 5.75 Å². The number of hydrogen-bond acceptors (Lipinski definition) is 4. The zero-order valence-corrected chi connectivity index (χ0v) is 13.8. The second-order valence-electron chi connectivity index (χ2n) is 5.56. The summed E-state index contributed by atoms with van der Waals surface area (Å²) in [5.74, 6) is -0.505. The smallest absolute Gasteiger partial charge is 0.322 e. The number of aliphatic carboxylic acids is 1. The molecule has 1 aromatic rings. The molecule has 0 amide bonds. The molecule has 1 atom stereocenters. The van der Waals surface area contributed by atoms with E-state index < -0.39 is 22.0 Å². The molecule has 1 saturated heterocycles. The van der Waals surface area contributed by atoms with Crippen molar-refractivity contribution in [1.82, 2.24) is 4.31 Å². The molecule has 122 valence electrons. The Morgan fingerprint density at radius 2 is 1.86 bits per heavy atom. The van der Waals surface area contributed by atoms with Crippen molar-refractivity contribution in [1.29, 1.82) is 0 Å². The fourth-order valence-corrected chi connectivity index (χ4v) is 5.06. The first-order chi connectivity index (χ1) is 10.3. The number of nitrogens with zero attached hydrogens (tertiary/aromatic N) is 1. The highest BCUT2D eigenvalue weighted by atomic mass is 32.2. The lowest BCUT2D eigenvalue weighted by molar-refractivity contribution is -0.142. The van der Waals surface area contributed by atoms with Gasteiger partial charge in [0.15, 0.2) is 0 Å². The summed E-state index contributed by atoms with van der Waals surface area (Å²) in [4.78, 5) is 11.6. The standard InChI is InChI=1S/C15H21NO5S/c1-10-8-12(21-3)9-11(2)14(10)22(19,20)16-7-5-4-6-13(16)15(17)18/h8-9,13H,4-7H2,1-3H3,(H,17,18). The molecule has 7 heteroatoms. The molecule has 1 N–H and O–H groups in total. The van der Waals surface area contributed by atoms with Crippen LogP contribution in [0.25, 0.3) is 0 Å². The number of ether oxygens (including phenoxy) is 1. The van der Waals surface area contributed by atoms with Gasteiger partial charge in [-0.25, -0.2) is 8.42 Å². The number of piperidine rings is 1. The second kappa shape index (κ2) is 6.26. The van der Waals surface area contributed by atoms with Gasteiger partial charge in [-0.15, -0.1) is 0 Å². The third-order valence-corrected chi connectivity index (χ3v) is 6.19. The van der Waals surface area contributed by atoms with E-state index in [1.54, 1.807) is 26.0 Å². The lowest BCUT2D eigenvalue weighted by Gasteiger charge is -2.32. The van der Waals surface area contributed by atoms with Crippen molar-refractivity contribution in [3.05, 3.63) is 23.3 Å². The van der Waals surface area contributed by atoms with Crippen molar-refractivity contribution in [2.24, 2.45) is 0 Å². The summed E-state index contributed by atoms with van der Waals surface area (Å²) in [6, 6.07) is 2.32. The van der Waals surface area contributed by atoms with Gasteiger partial charge >= 0.3 is 5.97 Å². The molecular formula is C15H21NO5S. The molecule has 0 saturated carbocycles. The molecule has 0 radical (unpaired) electrons. The Morgan fingerprint density at radius 1 is 1.27 bits per heavy atom. The highest BCUT2D eigenvalue weighted by Gasteiger charge is 2.38. The monoisotopic (exact) mass is 327 g/mol. The summed E-state index contributed by atoms with van der Waals surface area (Å²) in [5, 5.41) is 9.31. The summed E-state index contributed by atoms with van der Waals surface area (Å²) >= 11 is 0. The molecule has 1 aromatic carbocycles. The van der Waals surface area contributed by atoms with Crippen molar-refractivity contribution < 1.29 is 23.1 Å². The average molecular weight is 327 g/mol. The highest BCUT2D eigenvalue weighted by Crippen LogP contribution is 2.31. The fourth-order valence-electron chi connectivity index (χ4n) is 2.99. The first-order valence-corrected chi connectivity index (χ1v) is 8.63. The topological polar surface area (TPSA) is 83.9 Å². The van der Waals surface area contributed by atoms with Crippen LogP contribution in [0.4, 0.5) is 0 Å². The lowest BCUT2D eigenvalue weighted by Crippen LogP contribution is -2.48. The molecule has 1 aliphatic rings. The summed E-state index contributed by atoms with van der Waals surface area (Å²) in [6.45, 7) is 3.63. The van der Waals surface area contributed by atoms with Crippen LogP contribution in [-0.4, -0.2) is 43.5 Å². The Morgan fingerprint density at radius 3 is 2.36 bits per heavy atom. The minimum Gasteiger partial charge on any atom is -0.497 e. The van der Waals surface area contributed by atoms with Gasteiger partial charge in [-0.3, -0.25) is 4.79 Å². The zero-order chi connectivity index (χ0) is 16.5. The van der Waals surface area contributed by atoms with Crippen LogP contribution < -0.4 is 4.74 Å². The Kier molecular flexibility index (Phi) is 4.77. The van der Waals surface area contributed by atoms with E-state index in [1.807, 2.05) is 0 Å². The van der Waals surface area contributed by atoms with E-state index in [1.165, 1.54) is 7.11 Å². The molecule has 0 spiro atoms. The average Bonchev–Trinajstić information content (AvgIpc) is 2.46. The van der Waals surface area contributed by atoms with Gasteiger partial charge in [0.05, 0.1) is 12.0 Å². The molecular weight excluding hydrogens is 306 g/mol. The third kappa shape index (κ3) is 2.96. The van der Waals surface area contributed by atoms with Crippen molar-refractivity contribution in [2.45, 2.75) is 44.0 Å². The number of carboxylic acid groups (broad SMARTS) is 1. The molecule has 0 aromatic heterocycles. The van der Waals surface area contributed by atoms with Crippen molar-refractivity contribution in [3.63, 3.8) is 0 Å². The van der Waals surface area contributed by atoms with Gasteiger partial charge in [-0.2, -0.15) is 4.31 Å². The first-order valence-electron chi connectivity index (χ1n) is 7.19.